The monoisotopic (exact) mass is 379 g/mol. The van der Waals surface area contributed by atoms with Gasteiger partial charge in [-0.25, -0.2) is 4.98 Å². The van der Waals surface area contributed by atoms with Crippen LogP contribution >= 0.6 is 11.3 Å². The zero-order valence-corrected chi connectivity index (χ0v) is 15.7. The number of nitrogens with zero attached hydrogens (tertiary/aromatic N) is 2. The number of aromatic nitrogens is 1. The number of carbonyl (C=O) groups excluding carboxylic acids is 1. The number of benzene rings is 2. The van der Waals surface area contributed by atoms with E-state index in [0.717, 1.165) is 41.6 Å². The molecule has 0 saturated carbocycles. The van der Waals surface area contributed by atoms with E-state index in [2.05, 4.69) is 4.98 Å². The lowest BCUT2D eigenvalue weighted by molar-refractivity contribution is 0.0782. The maximum Gasteiger partial charge on any atom is 0.273 e. The Hall–Kier alpha value is -2.70. The van der Waals surface area contributed by atoms with Gasteiger partial charge in [0.05, 0.1) is 5.56 Å². The third-order valence-electron chi connectivity index (χ3n) is 4.72. The average molecular weight is 379 g/mol. The molecule has 1 fully saturated rings. The Kier molecular flexibility index (Phi) is 5.18. The summed E-state index contributed by atoms with van der Waals surface area (Å²) in [6, 6.07) is 17.4. The van der Waals surface area contributed by atoms with E-state index in [0.29, 0.717) is 18.2 Å². The number of hydrogen-bond acceptors (Lipinski definition) is 5. The van der Waals surface area contributed by atoms with Gasteiger partial charge < -0.3 is 15.4 Å². The van der Waals surface area contributed by atoms with Gasteiger partial charge in [-0.3, -0.25) is 4.79 Å². The van der Waals surface area contributed by atoms with Gasteiger partial charge in [-0.1, -0.05) is 30.3 Å². The molecule has 6 heteroatoms. The second kappa shape index (κ2) is 7.90. The van der Waals surface area contributed by atoms with Crippen molar-refractivity contribution in [1.82, 2.24) is 9.88 Å². The Morgan fingerprint density at radius 3 is 2.74 bits per heavy atom. The van der Waals surface area contributed by atoms with E-state index in [1.807, 2.05) is 64.9 Å². The number of thiazole rings is 1. The van der Waals surface area contributed by atoms with E-state index in [4.69, 9.17) is 10.5 Å². The topological polar surface area (TPSA) is 68.5 Å². The summed E-state index contributed by atoms with van der Waals surface area (Å²) >= 11 is 1.46. The van der Waals surface area contributed by atoms with Gasteiger partial charge in [0.25, 0.3) is 5.91 Å². The fourth-order valence-electron chi connectivity index (χ4n) is 3.22. The highest BCUT2D eigenvalue weighted by Gasteiger charge is 2.27. The zero-order chi connectivity index (χ0) is 18.6. The molecule has 1 aliphatic rings. The van der Waals surface area contributed by atoms with Crippen LogP contribution in [0.2, 0.25) is 0 Å². The molecule has 3 aromatic rings. The van der Waals surface area contributed by atoms with E-state index in [1.54, 1.807) is 0 Å². The first-order valence-corrected chi connectivity index (χ1v) is 9.89. The van der Waals surface area contributed by atoms with Gasteiger partial charge in [-0.05, 0) is 43.1 Å². The molecular weight excluding hydrogens is 358 g/mol. The van der Waals surface area contributed by atoms with Crippen LogP contribution in [0.1, 0.15) is 16.9 Å². The standard InChI is InChI=1S/C21H21N3O2S/c22-12-15-10-11-24(13-15)21(25)18-14-27-20(23-18)17-8-4-5-9-19(17)26-16-6-2-1-3-7-16/h1-9,14-15H,10-13,22H2/t15-/m1/s1. The fraction of sp³-hybridized carbons (Fsp3) is 0.238. The molecule has 1 aromatic heterocycles. The molecular formula is C21H21N3O2S. The SMILES string of the molecule is NC[C@H]1CCN(C(=O)c2csc(-c3ccccc3Oc3ccccc3)n2)C1. The number of para-hydroxylation sites is 2. The summed E-state index contributed by atoms with van der Waals surface area (Å²) in [6.45, 7) is 2.09. The van der Waals surface area contributed by atoms with E-state index in [-0.39, 0.29) is 5.91 Å². The second-order valence-electron chi connectivity index (χ2n) is 6.59. The number of ether oxygens (including phenoxy) is 1. The van der Waals surface area contributed by atoms with Gasteiger partial charge in [-0.2, -0.15) is 0 Å². The highest BCUT2D eigenvalue weighted by Crippen LogP contribution is 2.35. The Labute approximate surface area is 162 Å². The van der Waals surface area contributed by atoms with Crippen molar-refractivity contribution in [1.29, 1.82) is 0 Å². The molecule has 0 bridgehead atoms. The molecule has 138 valence electrons. The largest absolute Gasteiger partial charge is 0.457 e. The predicted molar refractivity (Wildman–Crippen MR) is 107 cm³/mol. The fourth-order valence-corrected chi connectivity index (χ4v) is 4.04. The zero-order valence-electron chi connectivity index (χ0n) is 14.9. The van der Waals surface area contributed by atoms with E-state index in [1.165, 1.54) is 11.3 Å². The van der Waals surface area contributed by atoms with Crippen LogP contribution in [0.3, 0.4) is 0 Å². The first-order valence-electron chi connectivity index (χ1n) is 9.02. The third-order valence-corrected chi connectivity index (χ3v) is 5.59. The summed E-state index contributed by atoms with van der Waals surface area (Å²) in [5, 5.41) is 2.60. The summed E-state index contributed by atoms with van der Waals surface area (Å²) in [4.78, 5) is 19.2. The van der Waals surface area contributed by atoms with Crippen molar-refractivity contribution in [3.05, 3.63) is 65.7 Å². The maximum absolute atomic E-state index is 12.7. The number of amides is 1. The third kappa shape index (κ3) is 3.86. The molecule has 0 aliphatic carbocycles. The van der Waals surface area contributed by atoms with Crippen molar-refractivity contribution in [2.45, 2.75) is 6.42 Å². The summed E-state index contributed by atoms with van der Waals surface area (Å²) in [6.07, 6.45) is 0.965. The van der Waals surface area contributed by atoms with Crippen molar-refractivity contribution in [3.63, 3.8) is 0 Å². The molecule has 0 spiro atoms. The summed E-state index contributed by atoms with van der Waals surface area (Å²) in [5.41, 5.74) is 7.10. The Morgan fingerprint density at radius 1 is 1.19 bits per heavy atom. The smallest absolute Gasteiger partial charge is 0.273 e. The molecule has 2 N–H and O–H groups in total. The predicted octanol–water partition coefficient (Wildman–Crippen LogP) is 4.02. The average Bonchev–Trinajstić information content (AvgIpc) is 3.38. The van der Waals surface area contributed by atoms with Crippen molar-refractivity contribution >= 4 is 17.2 Å². The minimum absolute atomic E-state index is 0.0186. The van der Waals surface area contributed by atoms with E-state index >= 15 is 0 Å². The summed E-state index contributed by atoms with van der Waals surface area (Å²) < 4.78 is 6.02. The van der Waals surface area contributed by atoms with Crippen molar-refractivity contribution in [2.24, 2.45) is 11.7 Å². The molecule has 5 nitrogen and oxygen atoms in total. The van der Waals surface area contributed by atoms with Crippen molar-refractivity contribution in [2.75, 3.05) is 19.6 Å². The molecule has 2 heterocycles. The lowest BCUT2D eigenvalue weighted by Gasteiger charge is -2.14. The molecule has 1 atom stereocenters. The maximum atomic E-state index is 12.7. The minimum atomic E-state index is -0.0186. The Bertz CT molecular complexity index is 926. The van der Waals surface area contributed by atoms with Crippen LogP contribution in [0, 0.1) is 5.92 Å². The van der Waals surface area contributed by atoms with Gasteiger partial charge in [0.1, 0.15) is 22.2 Å². The van der Waals surface area contributed by atoms with Gasteiger partial charge in [0.2, 0.25) is 0 Å². The van der Waals surface area contributed by atoms with Crippen LogP contribution in [-0.4, -0.2) is 35.4 Å². The van der Waals surface area contributed by atoms with Crippen LogP contribution in [0.5, 0.6) is 11.5 Å². The Morgan fingerprint density at radius 2 is 1.96 bits per heavy atom. The molecule has 0 unspecified atom stereocenters. The molecule has 1 amide bonds. The van der Waals surface area contributed by atoms with Crippen molar-refractivity contribution < 1.29 is 9.53 Å². The van der Waals surface area contributed by atoms with Crippen LogP contribution in [-0.2, 0) is 0 Å². The summed E-state index contributed by atoms with van der Waals surface area (Å²) in [7, 11) is 0. The van der Waals surface area contributed by atoms with E-state index in [9.17, 15) is 4.79 Å². The number of likely N-dealkylation sites (tertiary alicyclic amines) is 1. The second-order valence-corrected chi connectivity index (χ2v) is 7.45. The lowest BCUT2D eigenvalue weighted by atomic mass is 10.1. The molecule has 1 aliphatic heterocycles. The number of rotatable bonds is 5. The first kappa shape index (κ1) is 17.7. The van der Waals surface area contributed by atoms with Gasteiger partial charge in [0.15, 0.2) is 0 Å². The van der Waals surface area contributed by atoms with Crippen LogP contribution < -0.4 is 10.5 Å². The number of hydrogen-bond donors (Lipinski definition) is 1. The number of carbonyl (C=O) groups is 1. The minimum Gasteiger partial charge on any atom is -0.457 e. The lowest BCUT2D eigenvalue weighted by Crippen LogP contribution is -2.30. The Balaban J connectivity index is 1.56. The van der Waals surface area contributed by atoms with Crippen molar-refractivity contribution in [3.8, 4) is 22.1 Å². The van der Waals surface area contributed by atoms with Gasteiger partial charge >= 0.3 is 0 Å². The highest BCUT2D eigenvalue weighted by atomic mass is 32.1. The quantitative estimate of drug-likeness (QED) is 0.727. The molecule has 4 rings (SSSR count). The van der Waals surface area contributed by atoms with Crippen LogP contribution in [0.4, 0.5) is 0 Å². The molecule has 27 heavy (non-hydrogen) atoms. The van der Waals surface area contributed by atoms with E-state index < -0.39 is 0 Å². The van der Waals surface area contributed by atoms with Gasteiger partial charge in [0, 0.05) is 18.5 Å². The summed E-state index contributed by atoms with van der Waals surface area (Å²) in [5.74, 6) is 1.87. The highest BCUT2D eigenvalue weighted by molar-refractivity contribution is 7.13. The number of nitrogens with two attached hydrogens (primary N) is 1. The molecule has 2 aromatic carbocycles. The molecule has 1 saturated heterocycles. The van der Waals surface area contributed by atoms with Crippen LogP contribution in [0.25, 0.3) is 10.6 Å². The molecule has 0 radical (unpaired) electrons. The van der Waals surface area contributed by atoms with Gasteiger partial charge in [-0.15, -0.1) is 11.3 Å². The van der Waals surface area contributed by atoms with Crippen LogP contribution in [0.15, 0.2) is 60.0 Å². The normalized spacial score (nSPS) is 16.5. The first-order chi connectivity index (χ1) is 13.2.